The third kappa shape index (κ3) is 5.21. The molecule has 0 heterocycles. The minimum absolute atomic E-state index is 0.0550. The number of allylic oxidation sites excluding steroid dienone is 1. The molecule has 3 nitrogen and oxygen atoms in total. The van der Waals surface area contributed by atoms with Crippen molar-refractivity contribution in [1.82, 2.24) is 5.32 Å². The number of hydrogen-bond donors (Lipinski definition) is 1. The van der Waals surface area contributed by atoms with Gasteiger partial charge in [0.1, 0.15) is 12.1 Å². The van der Waals surface area contributed by atoms with Crippen molar-refractivity contribution in [3.8, 4) is 0 Å². The second-order valence-electron chi connectivity index (χ2n) is 14.6. The maximum Gasteiger partial charge on any atom is 0.323 e. The molecule has 0 saturated heterocycles. The molecule has 0 aliphatic heterocycles. The number of rotatable bonds is 9. The second-order valence-corrected chi connectivity index (χ2v) is 14.6. The van der Waals surface area contributed by atoms with Crippen molar-refractivity contribution in [2.24, 2.45) is 52.3 Å². The molecule has 0 amide bonds. The summed E-state index contributed by atoms with van der Waals surface area (Å²) in [4.78, 5) is 12.8. The van der Waals surface area contributed by atoms with Gasteiger partial charge >= 0.3 is 5.97 Å². The van der Waals surface area contributed by atoms with Crippen molar-refractivity contribution in [2.75, 3.05) is 7.05 Å². The number of carbonyl (C=O) groups excluding carboxylic acids is 1. The highest BCUT2D eigenvalue weighted by Crippen LogP contribution is 2.67. The zero-order valence-corrected chi connectivity index (χ0v) is 24.9. The van der Waals surface area contributed by atoms with Crippen LogP contribution in [-0.2, 0) is 9.53 Å². The van der Waals surface area contributed by atoms with Crippen molar-refractivity contribution >= 4 is 5.97 Å². The molecule has 9 unspecified atom stereocenters. The predicted octanol–water partition coefficient (Wildman–Crippen LogP) is 8.18. The Hall–Kier alpha value is -0.830. The van der Waals surface area contributed by atoms with E-state index in [1.165, 1.54) is 57.8 Å². The Labute approximate surface area is 223 Å². The zero-order valence-electron chi connectivity index (χ0n) is 24.9. The normalized spacial score (nSPS) is 39.7. The molecular formula is C33H57NO2. The van der Waals surface area contributed by atoms with Gasteiger partial charge in [-0.25, -0.2) is 0 Å². The van der Waals surface area contributed by atoms with Gasteiger partial charge in [0.15, 0.2) is 0 Å². The van der Waals surface area contributed by atoms with Gasteiger partial charge in [-0.15, -0.1) is 0 Å². The topological polar surface area (TPSA) is 38.3 Å². The molecule has 9 atom stereocenters. The van der Waals surface area contributed by atoms with E-state index >= 15 is 0 Å². The second kappa shape index (κ2) is 11.1. The Kier molecular flexibility index (Phi) is 8.70. The van der Waals surface area contributed by atoms with Gasteiger partial charge in [0.25, 0.3) is 0 Å². The average molecular weight is 500 g/mol. The molecule has 206 valence electrons. The van der Waals surface area contributed by atoms with Crippen LogP contribution < -0.4 is 5.32 Å². The summed E-state index contributed by atoms with van der Waals surface area (Å²) in [6, 6.07) is -0.206. The molecule has 3 fully saturated rings. The lowest BCUT2D eigenvalue weighted by Gasteiger charge is -2.58. The highest BCUT2D eigenvalue weighted by atomic mass is 16.5. The Morgan fingerprint density at radius 1 is 1.03 bits per heavy atom. The lowest BCUT2D eigenvalue weighted by molar-refractivity contribution is -0.155. The highest BCUT2D eigenvalue weighted by molar-refractivity contribution is 5.76. The highest BCUT2D eigenvalue weighted by Gasteiger charge is 2.59. The molecule has 3 saturated carbocycles. The fourth-order valence-corrected chi connectivity index (χ4v) is 9.71. The van der Waals surface area contributed by atoms with Gasteiger partial charge in [-0.1, -0.05) is 79.4 Å². The quantitative estimate of drug-likeness (QED) is 0.257. The van der Waals surface area contributed by atoms with Crippen LogP contribution in [0.3, 0.4) is 0 Å². The number of carbonyl (C=O) groups is 1. The van der Waals surface area contributed by atoms with Gasteiger partial charge in [0.05, 0.1) is 0 Å². The third-order valence-corrected chi connectivity index (χ3v) is 11.8. The Morgan fingerprint density at radius 3 is 2.44 bits per heavy atom. The third-order valence-electron chi connectivity index (χ3n) is 11.8. The van der Waals surface area contributed by atoms with Gasteiger partial charge in [0, 0.05) is 6.42 Å². The number of nitrogens with one attached hydrogen (secondary N) is 1. The monoisotopic (exact) mass is 499 g/mol. The van der Waals surface area contributed by atoms with Crippen LogP contribution in [-0.4, -0.2) is 25.2 Å². The van der Waals surface area contributed by atoms with E-state index in [0.717, 1.165) is 48.3 Å². The maximum atomic E-state index is 12.8. The number of ether oxygens (including phenoxy) is 1. The Balaban J connectivity index is 1.42. The molecule has 0 aromatic carbocycles. The van der Waals surface area contributed by atoms with Crippen molar-refractivity contribution in [3.05, 3.63) is 11.6 Å². The fourth-order valence-electron chi connectivity index (χ4n) is 9.71. The van der Waals surface area contributed by atoms with Gasteiger partial charge in [-0.3, -0.25) is 4.79 Å². The lowest BCUT2D eigenvalue weighted by Crippen LogP contribution is -2.51. The molecule has 1 N–H and O–H groups in total. The predicted molar refractivity (Wildman–Crippen MR) is 151 cm³/mol. The summed E-state index contributed by atoms with van der Waals surface area (Å²) in [6.07, 6.45) is 17.1. The first-order valence-corrected chi connectivity index (χ1v) is 15.6. The maximum absolute atomic E-state index is 12.8. The van der Waals surface area contributed by atoms with Crippen molar-refractivity contribution in [2.45, 2.75) is 131 Å². The van der Waals surface area contributed by atoms with Gasteiger partial charge in [-0.05, 0) is 104 Å². The molecule has 3 heteroatoms. The van der Waals surface area contributed by atoms with Crippen LogP contribution in [0.15, 0.2) is 11.6 Å². The van der Waals surface area contributed by atoms with E-state index in [2.05, 4.69) is 59.9 Å². The molecule has 36 heavy (non-hydrogen) atoms. The smallest absolute Gasteiger partial charge is 0.323 e. The SMILES string of the molecule is CNC(C(=O)OC1CCC2(C)C(=CCC3C2CCC2(C)C(C(C)CCCC(C)C)CCC32)C1)C(C)C. The summed E-state index contributed by atoms with van der Waals surface area (Å²) < 4.78 is 6.07. The Bertz CT molecular complexity index is 802. The van der Waals surface area contributed by atoms with E-state index in [0.29, 0.717) is 10.8 Å². The first-order chi connectivity index (χ1) is 17.0. The summed E-state index contributed by atoms with van der Waals surface area (Å²) in [6.45, 7) is 16.7. The van der Waals surface area contributed by atoms with E-state index in [4.69, 9.17) is 4.74 Å². The Morgan fingerprint density at radius 2 is 1.78 bits per heavy atom. The van der Waals surface area contributed by atoms with E-state index in [9.17, 15) is 4.79 Å². The summed E-state index contributed by atoms with van der Waals surface area (Å²) in [7, 11) is 1.87. The zero-order chi connectivity index (χ0) is 26.3. The van der Waals surface area contributed by atoms with Crippen molar-refractivity contribution in [3.63, 3.8) is 0 Å². The molecule has 4 aliphatic carbocycles. The van der Waals surface area contributed by atoms with Crippen LogP contribution in [0.25, 0.3) is 0 Å². The summed E-state index contributed by atoms with van der Waals surface area (Å²) in [5.74, 6) is 5.40. The minimum Gasteiger partial charge on any atom is -0.461 e. The van der Waals surface area contributed by atoms with Crippen LogP contribution in [0.4, 0.5) is 0 Å². The van der Waals surface area contributed by atoms with Gasteiger partial charge in [-0.2, -0.15) is 0 Å². The molecular weight excluding hydrogens is 442 g/mol. The summed E-state index contributed by atoms with van der Waals surface area (Å²) in [5, 5.41) is 3.15. The first-order valence-electron chi connectivity index (χ1n) is 15.6. The fraction of sp³-hybridized carbons (Fsp3) is 0.909. The molecule has 0 aromatic rings. The summed E-state index contributed by atoms with van der Waals surface area (Å²) in [5.41, 5.74) is 2.47. The number of fused-ring (bicyclic) bond motifs is 5. The van der Waals surface area contributed by atoms with Crippen molar-refractivity contribution in [1.29, 1.82) is 0 Å². The van der Waals surface area contributed by atoms with E-state index < -0.39 is 0 Å². The minimum atomic E-state index is -0.206. The van der Waals surface area contributed by atoms with E-state index in [1.807, 2.05) is 7.05 Å². The first kappa shape index (κ1) is 28.2. The van der Waals surface area contributed by atoms with E-state index in [-0.39, 0.29) is 24.0 Å². The van der Waals surface area contributed by atoms with Crippen LogP contribution in [0.2, 0.25) is 0 Å². The molecule has 4 aliphatic rings. The number of esters is 1. The molecule has 0 bridgehead atoms. The number of likely N-dealkylation sites (N-methyl/N-ethyl adjacent to an activating group) is 1. The molecule has 0 radical (unpaired) electrons. The molecule has 0 spiro atoms. The molecule has 4 rings (SSSR count). The average Bonchev–Trinajstić information content (AvgIpc) is 3.16. The lowest BCUT2D eigenvalue weighted by atomic mass is 9.47. The largest absolute Gasteiger partial charge is 0.461 e. The van der Waals surface area contributed by atoms with Crippen LogP contribution in [0.5, 0.6) is 0 Å². The number of hydrogen-bond acceptors (Lipinski definition) is 3. The molecule has 0 aromatic heterocycles. The standard InChI is InChI=1S/C33H57NO2/c1-21(2)10-9-11-23(5)27-14-15-28-26-13-12-24-20-25(36-31(35)30(34-8)22(3)4)16-18-32(24,6)29(26)17-19-33(27,28)7/h12,21-23,25-30,34H,9-11,13-20H2,1-8H3. The van der Waals surface area contributed by atoms with E-state index in [1.54, 1.807) is 5.57 Å². The van der Waals surface area contributed by atoms with Gasteiger partial charge < -0.3 is 10.1 Å². The van der Waals surface area contributed by atoms with Gasteiger partial charge in [0.2, 0.25) is 0 Å². The van der Waals surface area contributed by atoms with Crippen molar-refractivity contribution < 1.29 is 9.53 Å². The van der Waals surface area contributed by atoms with Crippen LogP contribution >= 0.6 is 0 Å². The summed E-state index contributed by atoms with van der Waals surface area (Å²) >= 11 is 0. The van der Waals surface area contributed by atoms with Crippen LogP contribution in [0, 0.1) is 52.3 Å². The van der Waals surface area contributed by atoms with Crippen LogP contribution in [0.1, 0.15) is 119 Å².